The first-order valence-electron chi connectivity index (χ1n) is 9.84. The zero-order valence-corrected chi connectivity index (χ0v) is 16.3. The van der Waals surface area contributed by atoms with Gasteiger partial charge in [0.2, 0.25) is 5.91 Å². The molecule has 0 fully saturated rings. The molecular formula is C22H37N2O+. The number of rotatable bonds is 14. The van der Waals surface area contributed by atoms with E-state index in [4.69, 9.17) is 0 Å². The Morgan fingerprint density at radius 2 is 1.84 bits per heavy atom. The second-order valence-electron chi connectivity index (χ2n) is 7.33. The molecule has 0 aliphatic carbocycles. The van der Waals surface area contributed by atoms with Crippen molar-refractivity contribution in [2.45, 2.75) is 58.4 Å². The van der Waals surface area contributed by atoms with Gasteiger partial charge in [-0.15, -0.1) is 0 Å². The molecule has 1 amide bonds. The Balaban J connectivity index is 2.26. The topological polar surface area (TPSA) is 29.1 Å². The number of hydrogen-bond acceptors (Lipinski definition) is 1. The van der Waals surface area contributed by atoms with Gasteiger partial charge in [-0.05, 0) is 12.5 Å². The van der Waals surface area contributed by atoms with Gasteiger partial charge in [0.1, 0.15) is 6.54 Å². The van der Waals surface area contributed by atoms with E-state index in [1.165, 1.54) is 31.2 Å². The Labute approximate surface area is 154 Å². The normalized spacial score (nSPS) is 13.2. The van der Waals surface area contributed by atoms with Crippen molar-refractivity contribution in [3.63, 3.8) is 0 Å². The lowest BCUT2D eigenvalue weighted by Crippen LogP contribution is -2.45. The van der Waals surface area contributed by atoms with Crippen molar-refractivity contribution in [1.29, 1.82) is 0 Å². The van der Waals surface area contributed by atoms with Gasteiger partial charge in [0.05, 0.1) is 20.1 Å². The van der Waals surface area contributed by atoms with Crippen LogP contribution in [0.25, 0.3) is 0 Å². The number of unbranched alkanes of at least 4 members (excludes halogenated alkanes) is 4. The third kappa shape index (κ3) is 10.1. The highest BCUT2D eigenvalue weighted by molar-refractivity contribution is 5.75. The Bertz CT molecular complexity index is 486. The molecule has 1 N–H and O–H groups in total. The van der Waals surface area contributed by atoms with Crippen molar-refractivity contribution >= 4 is 5.91 Å². The molecule has 1 aromatic carbocycles. The van der Waals surface area contributed by atoms with Gasteiger partial charge < -0.3 is 9.80 Å². The first-order valence-corrected chi connectivity index (χ1v) is 9.84. The van der Waals surface area contributed by atoms with Crippen LogP contribution in [0.1, 0.15) is 57.4 Å². The van der Waals surface area contributed by atoms with Crippen LogP contribution in [0.4, 0.5) is 0 Å². The predicted molar refractivity (Wildman–Crippen MR) is 107 cm³/mol. The third-order valence-electron chi connectivity index (χ3n) is 4.68. The van der Waals surface area contributed by atoms with Gasteiger partial charge in [0.25, 0.3) is 0 Å². The maximum atomic E-state index is 11.9. The molecule has 0 saturated carbocycles. The number of nitrogens with one attached hydrogen (secondary N) is 1. The van der Waals surface area contributed by atoms with Crippen LogP contribution in [-0.2, 0) is 11.3 Å². The lowest BCUT2D eigenvalue weighted by Gasteiger charge is -2.33. The van der Waals surface area contributed by atoms with E-state index in [9.17, 15) is 4.79 Å². The molecule has 0 heterocycles. The molecule has 0 spiro atoms. The molecule has 1 unspecified atom stereocenters. The lowest BCUT2D eigenvalue weighted by molar-refractivity contribution is -0.917. The van der Waals surface area contributed by atoms with Gasteiger partial charge in [0.15, 0.2) is 0 Å². The van der Waals surface area contributed by atoms with Gasteiger partial charge in [-0.2, -0.15) is 0 Å². The van der Waals surface area contributed by atoms with Crippen LogP contribution in [0.15, 0.2) is 43.0 Å². The summed E-state index contributed by atoms with van der Waals surface area (Å²) in [5.41, 5.74) is 1.35. The number of likely N-dealkylation sites (N-methyl/N-ethyl adjacent to an activating group) is 1. The summed E-state index contributed by atoms with van der Waals surface area (Å²) < 4.78 is 0.931. The van der Waals surface area contributed by atoms with Crippen molar-refractivity contribution in [3.05, 3.63) is 48.6 Å². The van der Waals surface area contributed by atoms with E-state index in [-0.39, 0.29) is 5.91 Å². The standard InChI is InChI=1S/C22H36N2O/c1-4-6-7-8-12-16-22(25)23-17-13-19-24(3,18-5-2)20-21-14-10-9-11-15-21/h5,9-11,14-15H,2,4,6-8,12-13,16-20H2,1,3H3/p+1. The summed E-state index contributed by atoms with van der Waals surface area (Å²) in [4.78, 5) is 11.9. The van der Waals surface area contributed by atoms with Crippen molar-refractivity contribution in [1.82, 2.24) is 5.32 Å². The summed E-state index contributed by atoms with van der Waals surface area (Å²) in [6.45, 7) is 9.88. The monoisotopic (exact) mass is 345 g/mol. The molecule has 0 aliphatic heterocycles. The summed E-state index contributed by atoms with van der Waals surface area (Å²) in [7, 11) is 2.27. The lowest BCUT2D eigenvalue weighted by atomic mass is 10.1. The minimum Gasteiger partial charge on any atom is -0.356 e. The van der Waals surface area contributed by atoms with E-state index in [1.807, 2.05) is 6.08 Å². The van der Waals surface area contributed by atoms with E-state index in [2.05, 4.69) is 56.2 Å². The van der Waals surface area contributed by atoms with E-state index < -0.39 is 0 Å². The van der Waals surface area contributed by atoms with Crippen molar-refractivity contribution in [2.75, 3.05) is 26.7 Å². The number of benzene rings is 1. The van der Waals surface area contributed by atoms with Gasteiger partial charge >= 0.3 is 0 Å². The first-order chi connectivity index (χ1) is 12.1. The van der Waals surface area contributed by atoms with E-state index in [0.717, 1.165) is 43.5 Å². The average Bonchev–Trinajstić information content (AvgIpc) is 2.60. The van der Waals surface area contributed by atoms with Gasteiger partial charge in [-0.3, -0.25) is 4.79 Å². The number of hydrogen-bond donors (Lipinski definition) is 1. The highest BCUT2D eigenvalue weighted by atomic mass is 16.1. The minimum atomic E-state index is 0.206. The fourth-order valence-electron chi connectivity index (χ4n) is 3.24. The molecule has 1 rings (SSSR count). The molecule has 3 nitrogen and oxygen atoms in total. The summed E-state index contributed by atoms with van der Waals surface area (Å²) in [5, 5.41) is 3.08. The van der Waals surface area contributed by atoms with Gasteiger partial charge in [-0.25, -0.2) is 0 Å². The highest BCUT2D eigenvalue weighted by Gasteiger charge is 2.20. The quantitative estimate of drug-likeness (QED) is 0.296. The Morgan fingerprint density at radius 3 is 2.52 bits per heavy atom. The summed E-state index contributed by atoms with van der Waals surface area (Å²) >= 11 is 0. The molecule has 1 aromatic rings. The average molecular weight is 346 g/mol. The summed E-state index contributed by atoms with van der Waals surface area (Å²) in [6, 6.07) is 10.6. The molecule has 0 aromatic heterocycles. The van der Waals surface area contributed by atoms with Crippen molar-refractivity contribution in [2.24, 2.45) is 0 Å². The summed E-state index contributed by atoms with van der Waals surface area (Å²) in [5.74, 6) is 0.206. The highest BCUT2D eigenvalue weighted by Crippen LogP contribution is 2.13. The van der Waals surface area contributed by atoms with Gasteiger partial charge in [0, 0.05) is 24.9 Å². The zero-order valence-electron chi connectivity index (χ0n) is 16.3. The minimum absolute atomic E-state index is 0.206. The molecule has 0 aliphatic rings. The smallest absolute Gasteiger partial charge is 0.219 e. The first kappa shape index (κ1) is 21.4. The second kappa shape index (κ2) is 12.7. The van der Waals surface area contributed by atoms with Crippen molar-refractivity contribution < 1.29 is 9.28 Å². The molecule has 25 heavy (non-hydrogen) atoms. The molecule has 3 heteroatoms. The van der Waals surface area contributed by atoms with E-state index >= 15 is 0 Å². The largest absolute Gasteiger partial charge is 0.356 e. The number of carbonyl (C=O) groups is 1. The third-order valence-corrected chi connectivity index (χ3v) is 4.68. The Morgan fingerprint density at radius 1 is 1.12 bits per heavy atom. The maximum absolute atomic E-state index is 11.9. The number of nitrogens with zero attached hydrogens (tertiary/aromatic N) is 1. The van der Waals surface area contributed by atoms with Crippen LogP contribution < -0.4 is 5.32 Å². The number of amides is 1. The van der Waals surface area contributed by atoms with Crippen LogP contribution in [0.2, 0.25) is 0 Å². The van der Waals surface area contributed by atoms with E-state index in [1.54, 1.807) is 0 Å². The van der Waals surface area contributed by atoms with Crippen molar-refractivity contribution in [3.8, 4) is 0 Å². The molecule has 1 atom stereocenters. The summed E-state index contributed by atoms with van der Waals surface area (Å²) in [6.07, 6.45) is 9.64. The molecule has 0 radical (unpaired) electrons. The molecule has 0 saturated heterocycles. The fraction of sp³-hybridized carbons (Fsp3) is 0.591. The Kier molecular flexibility index (Phi) is 10.9. The van der Waals surface area contributed by atoms with Gasteiger partial charge in [-0.1, -0.05) is 69.5 Å². The maximum Gasteiger partial charge on any atom is 0.219 e. The Hall–Kier alpha value is -1.61. The van der Waals surface area contributed by atoms with Crippen LogP contribution in [-0.4, -0.2) is 37.1 Å². The second-order valence-corrected chi connectivity index (χ2v) is 7.33. The fourth-order valence-corrected chi connectivity index (χ4v) is 3.24. The van der Waals surface area contributed by atoms with Crippen LogP contribution in [0, 0.1) is 0 Å². The molecule has 140 valence electrons. The SMILES string of the molecule is C=CC[N+](C)(CCCNC(=O)CCCCCCC)Cc1ccccc1. The van der Waals surface area contributed by atoms with Crippen LogP contribution >= 0.6 is 0 Å². The number of carbonyl (C=O) groups excluding carboxylic acids is 1. The molecular weight excluding hydrogens is 308 g/mol. The number of quaternary nitrogens is 1. The zero-order chi connectivity index (χ0) is 18.4. The van der Waals surface area contributed by atoms with E-state index in [0.29, 0.717) is 6.42 Å². The van der Waals surface area contributed by atoms with Crippen LogP contribution in [0.3, 0.4) is 0 Å². The molecule has 0 bridgehead atoms. The predicted octanol–water partition coefficient (Wildman–Crippen LogP) is 4.69. The van der Waals surface area contributed by atoms with Crippen LogP contribution in [0.5, 0.6) is 0 Å².